The van der Waals surface area contributed by atoms with Gasteiger partial charge in [0.25, 0.3) is 0 Å². The highest BCUT2D eigenvalue weighted by molar-refractivity contribution is 6.03. The molecule has 0 saturated carbocycles. The van der Waals surface area contributed by atoms with Crippen LogP contribution in [0.1, 0.15) is 29.3 Å². The molecule has 33 heavy (non-hydrogen) atoms. The molecule has 3 aromatic rings. The zero-order valence-corrected chi connectivity index (χ0v) is 20.1. The second-order valence-electron chi connectivity index (χ2n) is 9.13. The second-order valence-corrected chi connectivity index (χ2v) is 9.13. The number of Topliss-reactive ketones (excluding diaryl/α,β-unsaturated/α-hetero) is 1. The number of hydrogen-bond acceptors (Lipinski definition) is 4. The zero-order valence-electron chi connectivity index (χ0n) is 20.1. The van der Waals surface area contributed by atoms with Gasteiger partial charge in [-0.2, -0.15) is 0 Å². The minimum Gasteiger partial charge on any atom is -0.369 e. The first-order valence-electron chi connectivity index (χ1n) is 12.0. The van der Waals surface area contributed by atoms with Gasteiger partial charge in [0, 0.05) is 37.4 Å². The average Bonchev–Trinajstić information content (AvgIpc) is 2.88. The molecule has 1 atom stereocenters. The van der Waals surface area contributed by atoms with Crippen LogP contribution >= 0.6 is 0 Å². The third-order valence-corrected chi connectivity index (χ3v) is 7.03. The summed E-state index contributed by atoms with van der Waals surface area (Å²) in [6, 6.07) is 27.3. The Kier molecular flexibility index (Phi) is 7.26. The quantitative estimate of drug-likeness (QED) is 0.505. The zero-order chi connectivity index (χ0) is 23.3. The van der Waals surface area contributed by atoms with Crippen LogP contribution in [-0.4, -0.2) is 56.5 Å². The van der Waals surface area contributed by atoms with E-state index in [0.29, 0.717) is 6.42 Å². The highest BCUT2D eigenvalue weighted by Crippen LogP contribution is 2.30. The standard InChI is InChI=1S/C29H35N3O/c1-4-29(31(2)3,22-23-10-12-25(13-11-23)24-8-6-5-7-9-24)28(33)26-14-16-27(17-15-26)32-20-18-30-19-21-32/h5-17,30H,4,18-22H2,1-3H3. The van der Waals surface area contributed by atoms with Gasteiger partial charge in [0.15, 0.2) is 5.78 Å². The third kappa shape index (κ3) is 5.02. The highest BCUT2D eigenvalue weighted by atomic mass is 16.1. The van der Waals surface area contributed by atoms with Crippen molar-refractivity contribution in [2.75, 3.05) is 45.2 Å². The Labute approximate surface area is 198 Å². The summed E-state index contributed by atoms with van der Waals surface area (Å²) in [6.45, 7) is 6.13. The van der Waals surface area contributed by atoms with Crippen LogP contribution in [0.25, 0.3) is 11.1 Å². The SMILES string of the molecule is CCC(Cc1ccc(-c2ccccc2)cc1)(C(=O)c1ccc(N2CCNCC2)cc1)N(C)C. The topological polar surface area (TPSA) is 35.6 Å². The number of carbonyl (C=O) groups excluding carboxylic acids is 1. The number of benzene rings is 3. The molecule has 0 bridgehead atoms. The molecule has 0 aromatic heterocycles. The first kappa shape index (κ1) is 23.2. The number of carbonyl (C=O) groups is 1. The predicted octanol–water partition coefficient (Wildman–Crippen LogP) is 4.90. The molecule has 4 heteroatoms. The first-order valence-corrected chi connectivity index (χ1v) is 12.0. The van der Waals surface area contributed by atoms with Gasteiger partial charge in [-0.15, -0.1) is 0 Å². The van der Waals surface area contributed by atoms with E-state index in [0.717, 1.165) is 38.2 Å². The van der Waals surface area contributed by atoms with Crippen LogP contribution in [-0.2, 0) is 6.42 Å². The summed E-state index contributed by atoms with van der Waals surface area (Å²) in [5.74, 6) is 0.189. The number of hydrogen-bond donors (Lipinski definition) is 1. The number of anilines is 1. The molecule has 4 nitrogen and oxygen atoms in total. The van der Waals surface area contributed by atoms with Crippen LogP contribution in [0.4, 0.5) is 5.69 Å². The minimum absolute atomic E-state index is 0.189. The summed E-state index contributed by atoms with van der Waals surface area (Å²) in [6.07, 6.45) is 1.43. The molecule has 172 valence electrons. The van der Waals surface area contributed by atoms with Crippen LogP contribution in [0.3, 0.4) is 0 Å². The molecule has 1 N–H and O–H groups in total. The van der Waals surface area contributed by atoms with E-state index in [-0.39, 0.29) is 5.78 Å². The summed E-state index contributed by atoms with van der Waals surface area (Å²) < 4.78 is 0. The van der Waals surface area contributed by atoms with Crippen LogP contribution in [0.15, 0.2) is 78.9 Å². The molecule has 1 saturated heterocycles. The van der Waals surface area contributed by atoms with E-state index >= 15 is 0 Å². The maximum atomic E-state index is 13.9. The fourth-order valence-electron chi connectivity index (χ4n) is 4.84. The Hall–Kier alpha value is -2.95. The van der Waals surface area contributed by atoms with Crippen molar-refractivity contribution in [3.8, 4) is 11.1 Å². The highest BCUT2D eigenvalue weighted by Gasteiger charge is 2.39. The lowest BCUT2D eigenvalue weighted by atomic mass is 9.80. The second kappa shape index (κ2) is 10.3. The molecule has 3 aromatic carbocycles. The van der Waals surface area contributed by atoms with E-state index in [2.05, 4.69) is 82.7 Å². The number of nitrogens with one attached hydrogen (secondary N) is 1. The fourth-order valence-corrected chi connectivity index (χ4v) is 4.84. The molecule has 1 unspecified atom stereocenters. The Morgan fingerprint density at radius 3 is 2.06 bits per heavy atom. The molecular formula is C29H35N3O. The Morgan fingerprint density at radius 1 is 0.879 bits per heavy atom. The van der Waals surface area contributed by atoms with E-state index in [1.807, 2.05) is 32.3 Å². The fraction of sp³-hybridized carbons (Fsp3) is 0.345. The molecule has 0 aliphatic carbocycles. The molecule has 1 heterocycles. The molecule has 1 aliphatic heterocycles. The van der Waals surface area contributed by atoms with Crippen molar-refractivity contribution in [1.82, 2.24) is 10.2 Å². The van der Waals surface area contributed by atoms with E-state index < -0.39 is 5.54 Å². The maximum Gasteiger partial charge on any atom is 0.183 e. The smallest absolute Gasteiger partial charge is 0.183 e. The van der Waals surface area contributed by atoms with E-state index in [1.165, 1.54) is 22.4 Å². The minimum atomic E-state index is -0.579. The van der Waals surface area contributed by atoms with E-state index in [9.17, 15) is 4.79 Å². The van der Waals surface area contributed by atoms with Gasteiger partial charge in [0.1, 0.15) is 0 Å². The molecule has 0 amide bonds. The number of nitrogens with zero attached hydrogens (tertiary/aromatic N) is 2. The molecule has 4 rings (SSSR count). The van der Waals surface area contributed by atoms with Crippen molar-refractivity contribution < 1.29 is 4.79 Å². The average molecular weight is 442 g/mol. The lowest BCUT2D eigenvalue weighted by Gasteiger charge is -2.38. The predicted molar refractivity (Wildman–Crippen MR) is 138 cm³/mol. The Balaban J connectivity index is 1.56. The van der Waals surface area contributed by atoms with Gasteiger partial charge < -0.3 is 10.2 Å². The maximum absolute atomic E-state index is 13.9. The lowest BCUT2D eigenvalue weighted by Crippen LogP contribution is -2.52. The summed E-state index contributed by atoms with van der Waals surface area (Å²) in [5.41, 5.74) is 4.98. The van der Waals surface area contributed by atoms with E-state index in [4.69, 9.17) is 0 Å². The number of rotatable bonds is 8. The van der Waals surface area contributed by atoms with Crippen LogP contribution in [0, 0.1) is 0 Å². The molecule has 0 spiro atoms. The Bertz CT molecular complexity index is 1040. The van der Waals surface area contributed by atoms with Gasteiger partial charge in [-0.3, -0.25) is 9.69 Å². The normalized spacial score (nSPS) is 15.9. The van der Waals surface area contributed by atoms with Gasteiger partial charge in [-0.1, -0.05) is 61.5 Å². The van der Waals surface area contributed by atoms with Crippen LogP contribution in [0.5, 0.6) is 0 Å². The molecule has 0 radical (unpaired) electrons. The van der Waals surface area contributed by atoms with Gasteiger partial charge >= 0.3 is 0 Å². The largest absolute Gasteiger partial charge is 0.369 e. The Morgan fingerprint density at radius 2 is 1.48 bits per heavy atom. The first-order chi connectivity index (χ1) is 16.0. The van der Waals surface area contributed by atoms with Crippen LogP contribution < -0.4 is 10.2 Å². The number of likely N-dealkylation sites (N-methyl/N-ethyl adjacent to an activating group) is 1. The van der Waals surface area contributed by atoms with Gasteiger partial charge in [0.05, 0.1) is 5.54 Å². The van der Waals surface area contributed by atoms with Crippen molar-refractivity contribution in [3.05, 3.63) is 90.0 Å². The monoisotopic (exact) mass is 441 g/mol. The van der Waals surface area contributed by atoms with Crippen molar-refractivity contribution in [2.24, 2.45) is 0 Å². The summed E-state index contributed by atoms with van der Waals surface area (Å²) in [5, 5.41) is 3.39. The van der Waals surface area contributed by atoms with Gasteiger partial charge in [-0.25, -0.2) is 0 Å². The van der Waals surface area contributed by atoms with Gasteiger partial charge in [-0.05, 0) is 67.9 Å². The molecular weight excluding hydrogens is 406 g/mol. The number of piperazine rings is 1. The van der Waals surface area contributed by atoms with Crippen molar-refractivity contribution in [2.45, 2.75) is 25.3 Å². The van der Waals surface area contributed by atoms with Crippen molar-refractivity contribution in [3.63, 3.8) is 0 Å². The number of ketones is 1. The summed E-state index contributed by atoms with van der Waals surface area (Å²) in [4.78, 5) is 18.3. The van der Waals surface area contributed by atoms with E-state index in [1.54, 1.807) is 0 Å². The summed E-state index contributed by atoms with van der Waals surface area (Å²) in [7, 11) is 4.05. The lowest BCUT2D eigenvalue weighted by molar-refractivity contribution is 0.0666. The van der Waals surface area contributed by atoms with Crippen LogP contribution in [0.2, 0.25) is 0 Å². The molecule has 1 fully saturated rings. The van der Waals surface area contributed by atoms with Crippen molar-refractivity contribution >= 4 is 11.5 Å². The third-order valence-electron chi connectivity index (χ3n) is 7.03. The van der Waals surface area contributed by atoms with Crippen molar-refractivity contribution in [1.29, 1.82) is 0 Å². The van der Waals surface area contributed by atoms with Gasteiger partial charge in [0.2, 0.25) is 0 Å². The molecule has 1 aliphatic rings. The summed E-state index contributed by atoms with van der Waals surface area (Å²) >= 11 is 0.